The molecule has 1 amide bonds. The third-order valence-corrected chi connectivity index (χ3v) is 4.65. The maximum atomic E-state index is 12.8. The van der Waals surface area contributed by atoms with Gasteiger partial charge in [-0.2, -0.15) is 0 Å². The van der Waals surface area contributed by atoms with E-state index in [4.69, 9.17) is 9.15 Å². The summed E-state index contributed by atoms with van der Waals surface area (Å²) in [6, 6.07) is 6.47. The van der Waals surface area contributed by atoms with Crippen LogP contribution in [0.2, 0.25) is 0 Å². The molecule has 140 valence electrons. The highest BCUT2D eigenvalue weighted by Gasteiger charge is 2.23. The zero-order valence-electron chi connectivity index (χ0n) is 14.2. The van der Waals surface area contributed by atoms with Gasteiger partial charge in [0, 0.05) is 37.6 Å². The van der Waals surface area contributed by atoms with E-state index in [-0.39, 0.29) is 30.2 Å². The van der Waals surface area contributed by atoms with Gasteiger partial charge in [-0.25, -0.2) is 8.42 Å². The molecule has 0 aliphatic carbocycles. The summed E-state index contributed by atoms with van der Waals surface area (Å²) in [7, 11) is -2.25. The van der Waals surface area contributed by atoms with E-state index < -0.39 is 26.4 Å². The normalized spacial score (nSPS) is 11.3. The summed E-state index contributed by atoms with van der Waals surface area (Å²) in [5.74, 6) is -0.0460. The van der Waals surface area contributed by atoms with Crippen molar-refractivity contribution in [3.63, 3.8) is 0 Å². The number of sulfone groups is 1. The third kappa shape index (κ3) is 4.90. The van der Waals surface area contributed by atoms with Gasteiger partial charge < -0.3 is 14.1 Å². The number of methoxy groups -OCH3 is 1. The summed E-state index contributed by atoms with van der Waals surface area (Å²) in [6.07, 6.45) is 2.38. The van der Waals surface area contributed by atoms with Crippen LogP contribution in [0.1, 0.15) is 16.1 Å². The van der Waals surface area contributed by atoms with Gasteiger partial charge in [0.2, 0.25) is 0 Å². The molecule has 0 N–H and O–H groups in total. The lowest BCUT2D eigenvalue weighted by atomic mass is 10.1. The molecule has 0 bridgehead atoms. The van der Waals surface area contributed by atoms with Gasteiger partial charge in [-0.1, -0.05) is 0 Å². The number of nitrogens with zero attached hydrogens (tertiary/aromatic N) is 2. The first-order valence-electron chi connectivity index (χ1n) is 7.52. The van der Waals surface area contributed by atoms with Crippen molar-refractivity contribution < 1.29 is 27.3 Å². The lowest BCUT2D eigenvalue weighted by Crippen LogP contribution is -2.33. The van der Waals surface area contributed by atoms with E-state index in [9.17, 15) is 23.3 Å². The number of nitro groups is 1. The van der Waals surface area contributed by atoms with E-state index in [0.717, 1.165) is 24.5 Å². The second-order valence-corrected chi connectivity index (χ2v) is 7.56. The predicted molar refractivity (Wildman–Crippen MR) is 91.5 cm³/mol. The van der Waals surface area contributed by atoms with Crippen molar-refractivity contribution in [2.75, 3.05) is 26.5 Å². The van der Waals surface area contributed by atoms with E-state index in [1.54, 1.807) is 12.1 Å². The fourth-order valence-electron chi connectivity index (χ4n) is 2.25. The van der Waals surface area contributed by atoms with Gasteiger partial charge in [0.1, 0.15) is 5.76 Å². The Morgan fingerprint density at radius 2 is 2.08 bits per heavy atom. The monoisotopic (exact) mass is 382 g/mol. The van der Waals surface area contributed by atoms with Crippen LogP contribution in [0.4, 0.5) is 5.69 Å². The Labute approximate surface area is 150 Å². The summed E-state index contributed by atoms with van der Waals surface area (Å²) in [4.78, 5) is 24.3. The quantitative estimate of drug-likeness (QED) is 0.505. The largest absolute Gasteiger partial charge is 0.467 e. The van der Waals surface area contributed by atoms with Crippen LogP contribution in [-0.2, 0) is 21.1 Å². The summed E-state index contributed by atoms with van der Waals surface area (Å²) < 4.78 is 33.8. The van der Waals surface area contributed by atoms with Gasteiger partial charge in [-0.05, 0) is 18.2 Å². The number of amides is 1. The number of ether oxygens (including phenoxy) is 1. The Bertz CT molecular complexity index is 891. The molecule has 9 nitrogen and oxygen atoms in total. The van der Waals surface area contributed by atoms with Crippen LogP contribution >= 0.6 is 0 Å². The number of benzene rings is 1. The molecular weight excluding hydrogens is 364 g/mol. The highest BCUT2D eigenvalue weighted by Crippen LogP contribution is 2.22. The number of furan rings is 1. The van der Waals surface area contributed by atoms with Gasteiger partial charge in [0.15, 0.2) is 9.84 Å². The lowest BCUT2D eigenvalue weighted by Gasteiger charge is -2.21. The van der Waals surface area contributed by atoms with Crippen LogP contribution in [0.5, 0.6) is 0 Å². The number of hydrogen-bond donors (Lipinski definition) is 0. The number of non-ortho nitro benzene ring substituents is 1. The smallest absolute Gasteiger partial charge is 0.271 e. The second kappa shape index (κ2) is 8.11. The van der Waals surface area contributed by atoms with Crippen molar-refractivity contribution in [2.24, 2.45) is 0 Å². The number of hydrogen-bond acceptors (Lipinski definition) is 7. The zero-order chi connectivity index (χ0) is 19.3. The molecule has 1 aromatic carbocycles. The van der Waals surface area contributed by atoms with Crippen molar-refractivity contribution in [1.29, 1.82) is 0 Å². The topological polar surface area (TPSA) is 120 Å². The Balaban J connectivity index is 2.42. The second-order valence-electron chi connectivity index (χ2n) is 5.54. The average Bonchev–Trinajstić information content (AvgIpc) is 3.09. The van der Waals surface area contributed by atoms with Crippen LogP contribution < -0.4 is 0 Å². The van der Waals surface area contributed by atoms with Crippen LogP contribution in [-0.4, -0.2) is 50.7 Å². The van der Waals surface area contributed by atoms with Crippen molar-refractivity contribution in [1.82, 2.24) is 4.90 Å². The summed E-state index contributed by atoms with van der Waals surface area (Å²) >= 11 is 0. The Kier molecular flexibility index (Phi) is 6.11. The fourth-order valence-corrected chi connectivity index (χ4v) is 2.93. The number of nitro benzene ring substituents is 1. The van der Waals surface area contributed by atoms with Crippen LogP contribution in [0.25, 0.3) is 0 Å². The zero-order valence-corrected chi connectivity index (χ0v) is 15.1. The van der Waals surface area contributed by atoms with Gasteiger partial charge in [0.25, 0.3) is 11.6 Å². The fraction of sp³-hybridized carbons (Fsp3) is 0.312. The van der Waals surface area contributed by atoms with E-state index in [1.165, 1.54) is 18.3 Å². The molecule has 0 atom stereocenters. The number of carbonyl (C=O) groups excluding carboxylic acids is 1. The standard InChI is InChI=1S/C16H18N2O7S/c1-24-7-5-17(11-14-4-3-6-25-14)16(19)12-8-13(18(20)21)10-15(9-12)26(2,22)23/h3-4,6,8-10H,5,7,11H2,1-2H3. The minimum atomic E-state index is -3.73. The average molecular weight is 382 g/mol. The molecule has 26 heavy (non-hydrogen) atoms. The van der Waals surface area contributed by atoms with Crippen molar-refractivity contribution in [2.45, 2.75) is 11.4 Å². The molecule has 0 saturated heterocycles. The Morgan fingerprint density at radius 3 is 2.62 bits per heavy atom. The molecule has 2 rings (SSSR count). The van der Waals surface area contributed by atoms with Crippen LogP contribution in [0.3, 0.4) is 0 Å². The highest BCUT2D eigenvalue weighted by atomic mass is 32.2. The Morgan fingerprint density at radius 1 is 1.35 bits per heavy atom. The van der Waals surface area contributed by atoms with Gasteiger partial charge >= 0.3 is 0 Å². The van der Waals surface area contributed by atoms with Crippen LogP contribution in [0, 0.1) is 10.1 Å². The van der Waals surface area contributed by atoms with Crippen LogP contribution in [0.15, 0.2) is 45.9 Å². The first-order valence-corrected chi connectivity index (χ1v) is 9.41. The van der Waals surface area contributed by atoms with Crippen molar-refractivity contribution in [3.05, 3.63) is 58.0 Å². The van der Waals surface area contributed by atoms with Gasteiger partial charge in [-0.3, -0.25) is 14.9 Å². The molecule has 1 aromatic heterocycles. The molecule has 1 heterocycles. The van der Waals surface area contributed by atoms with E-state index in [2.05, 4.69) is 0 Å². The summed E-state index contributed by atoms with van der Waals surface area (Å²) in [5.41, 5.74) is -0.566. The predicted octanol–water partition coefficient (Wildman–Crippen LogP) is 1.88. The molecule has 0 fully saturated rings. The van der Waals surface area contributed by atoms with E-state index in [0.29, 0.717) is 5.76 Å². The Hall–Kier alpha value is -2.72. The molecule has 0 radical (unpaired) electrons. The van der Waals surface area contributed by atoms with Crippen molar-refractivity contribution >= 4 is 21.4 Å². The van der Waals surface area contributed by atoms with Gasteiger partial charge in [0.05, 0.1) is 29.2 Å². The number of carbonyl (C=O) groups is 1. The maximum absolute atomic E-state index is 12.8. The summed E-state index contributed by atoms with van der Waals surface area (Å²) in [5, 5.41) is 11.1. The number of rotatable bonds is 8. The van der Waals surface area contributed by atoms with E-state index >= 15 is 0 Å². The molecule has 0 unspecified atom stereocenters. The minimum absolute atomic E-state index is 0.0951. The maximum Gasteiger partial charge on any atom is 0.271 e. The molecular formula is C16H18N2O7S. The highest BCUT2D eigenvalue weighted by molar-refractivity contribution is 7.90. The first-order chi connectivity index (χ1) is 12.2. The van der Waals surface area contributed by atoms with Gasteiger partial charge in [-0.15, -0.1) is 0 Å². The molecule has 0 aliphatic heterocycles. The van der Waals surface area contributed by atoms with Crippen molar-refractivity contribution in [3.8, 4) is 0 Å². The first kappa shape index (κ1) is 19.6. The third-order valence-electron chi connectivity index (χ3n) is 3.56. The molecule has 0 spiro atoms. The molecule has 2 aromatic rings. The summed E-state index contributed by atoms with van der Waals surface area (Å²) in [6.45, 7) is 0.555. The minimum Gasteiger partial charge on any atom is -0.467 e. The lowest BCUT2D eigenvalue weighted by molar-refractivity contribution is -0.385. The molecule has 0 saturated carbocycles. The molecule has 0 aliphatic rings. The molecule has 10 heteroatoms. The van der Waals surface area contributed by atoms with E-state index in [1.807, 2.05) is 0 Å². The SMILES string of the molecule is COCCN(Cc1ccco1)C(=O)c1cc([N+](=O)[O-])cc(S(C)(=O)=O)c1.